The molecule has 0 aliphatic carbocycles. The van der Waals surface area contributed by atoms with E-state index in [2.05, 4.69) is 5.10 Å². The summed E-state index contributed by atoms with van der Waals surface area (Å²) in [5.74, 6) is -1.20. The van der Waals surface area contributed by atoms with Crippen LogP contribution in [0.3, 0.4) is 0 Å². The summed E-state index contributed by atoms with van der Waals surface area (Å²) >= 11 is 0. The summed E-state index contributed by atoms with van der Waals surface area (Å²) in [6, 6.07) is -0.470. The molecule has 0 rings (SSSR count). The molecule has 11 heavy (non-hydrogen) atoms. The monoisotopic (exact) mass is 159 g/mol. The van der Waals surface area contributed by atoms with Gasteiger partial charge in [-0.15, -0.1) is 0 Å². The van der Waals surface area contributed by atoms with Crippen LogP contribution >= 0.6 is 0 Å². The van der Waals surface area contributed by atoms with Crippen molar-refractivity contribution in [3.8, 4) is 0 Å². The second kappa shape index (κ2) is 4.26. The van der Waals surface area contributed by atoms with E-state index in [0.717, 1.165) is 0 Å². The van der Waals surface area contributed by atoms with Crippen LogP contribution in [-0.4, -0.2) is 42.3 Å². The summed E-state index contributed by atoms with van der Waals surface area (Å²) in [4.78, 5) is 21.7. The number of hydrogen-bond acceptors (Lipinski definition) is 3. The molecule has 0 aliphatic rings. The van der Waals surface area contributed by atoms with Crippen LogP contribution in [0, 0.1) is 0 Å². The maximum atomic E-state index is 10.6. The highest BCUT2D eigenvalue weighted by atomic mass is 16.4. The first kappa shape index (κ1) is 9.41. The number of urea groups is 1. The van der Waals surface area contributed by atoms with E-state index in [0.29, 0.717) is 6.21 Å². The number of hydrazone groups is 1. The van der Waals surface area contributed by atoms with Crippen LogP contribution in [0.1, 0.15) is 0 Å². The first-order chi connectivity index (χ1) is 5.04. The van der Waals surface area contributed by atoms with E-state index >= 15 is 0 Å². The maximum Gasteiger partial charge on any atom is 0.348 e. The van der Waals surface area contributed by atoms with Crippen molar-refractivity contribution in [2.75, 3.05) is 14.1 Å². The predicted octanol–water partition coefficient (Wildman–Crippen LogP) is -0.672. The fourth-order valence-corrected chi connectivity index (χ4v) is 0.243. The highest BCUT2D eigenvalue weighted by Gasteiger charge is 1.98. The zero-order valence-electron chi connectivity index (χ0n) is 6.24. The van der Waals surface area contributed by atoms with Gasteiger partial charge in [0.05, 0.1) is 0 Å². The van der Waals surface area contributed by atoms with Crippen molar-refractivity contribution in [2.24, 2.45) is 5.10 Å². The standard InChI is InChI=1S/C5H9N3O3/c1-8(2)5(11)7-6-3-4(9)10/h3H,1-2H3,(H,7,11)(H,9,10). The number of rotatable bonds is 2. The number of carbonyl (C=O) groups is 2. The molecule has 0 radical (unpaired) electrons. The van der Waals surface area contributed by atoms with Gasteiger partial charge in [0, 0.05) is 14.1 Å². The molecular formula is C5H9N3O3. The van der Waals surface area contributed by atoms with Crippen LogP contribution in [-0.2, 0) is 4.79 Å². The zero-order chi connectivity index (χ0) is 8.85. The maximum absolute atomic E-state index is 10.6. The number of carboxylic acids is 1. The van der Waals surface area contributed by atoms with Gasteiger partial charge < -0.3 is 10.0 Å². The molecule has 0 aliphatic heterocycles. The van der Waals surface area contributed by atoms with Gasteiger partial charge in [0.25, 0.3) is 0 Å². The molecule has 6 nitrogen and oxygen atoms in total. The van der Waals surface area contributed by atoms with Crippen LogP contribution in [0.15, 0.2) is 5.10 Å². The molecule has 2 amide bonds. The van der Waals surface area contributed by atoms with Crippen LogP contribution in [0.4, 0.5) is 4.79 Å². The third-order valence-corrected chi connectivity index (χ3v) is 0.741. The zero-order valence-corrected chi connectivity index (χ0v) is 6.24. The summed E-state index contributed by atoms with van der Waals surface area (Å²) in [5.41, 5.74) is 1.99. The molecule has 0 heterocycles. The lowest BCUT2D eigenvalue weighted by Gasteiger charge is -2.06. The topological polar surface area (TPSA) is 82.0 Å². The lowest BCUT2D eigenvalue weighted by atomic mass is 10.8. The van der Waals surface area contributed by atoms with Crippen molar-refractivity contribution < 1.29 is 14.7 Å². The molecular weight excluding hydrogens is 150 g/mol. The van der Waals surface area contributed by atoms with Crippen molar-refractivity contribution in [3.05, 3.63) is 0 Å². The van der Waals surface area contributed by atoms with E-state index in [1.807, 2.05) is 5.43 Å². The molecule has 0 spiro atoms. The Hall–Kier alpha value is -1.59. The molecule has 0 aromatic carbocycles. The Labute approximate surface area is 63.5 Å². The van der Waals surface area contributed by atoms with Gasteiger partial charge in [-0.05, 0) is 0 Å². The summed E-state index contributed by atoms with van der Waals surface area (Å²) < 4.78 is 0. The number of hydrogen-bond donors (Lipinski definition) is 2. The van der Waals surface area contributed by atoms with Crippen LogP contribution in [0.5, 0.6) is 0 Å². The van der Waals surface area contributed by atoms with Gasteiger partial charge in [-0.1, -0.05) is 0 Å². The first-order valence-electron chi connectivity index (χ1n) is 2.77. The van der Waals surface area contributed by atoms with Crippen molar-refractivity contribution in [2.45, 2.75) is 0 Å². The number of nitrogens with zero attached hydrogens (tertiary/aromatic N) is 2. The normalized spacial score (nSPS) is 9.64. The first-order valence-corrected chi connectivity index (χ1v) is 2.77. The average molecular weight is 159 g/mol. The van der Waals surface area contributed by atoms with Crippen LogP contribution < -0.4 is 5.43 Å². The Morgan fingerprint density at radius 2 is 2.09 bits per heavy atom. The molecule has 62 valence electrons. The Bertz CT molecular complexity index is 187. The fraction of sp³-hybridized carbons (Fsp3) is 0.400. The highest BCUT2D eigenvalue weighted by Crippen LogP contribution is 1.74. The highest BCUT2D eigenvalue weighted by molar-refractivity contribution is 6.22. The van der Waals surface area contributed by atoms with Crippen LogP contribution in [0.2, 0.25) is 0 Å². The number of amides is 2. The van der Waals surface area contributed by atoms with Gasteiger partial charge in [0.15, 0.2) is 0 Å². The van der Waals surface area contributed by atoms with E-state index in [4.69, 9.17) is 5.11 Å². The molecule has 2 N–H and O–H groups in total. The number of nitrogens with one attached hydrogen (secondary N) is 1. The summed E-state index contributed by atoms with van der Waals surface area (Å²) in [7, 11) is 3.04. The van der Waals surface area contributed by atoms with Crippen molar-refractivity contribution in [3.63, 3.8) is 0 Å². The third kappa shape index (κ3) is 4.89. The average Bonchev–Trinajstić information content (AvgIpc) is 1.86. The lowest BCUT2D eigenvalue weighted by molar-refractivity contribution is -0.128. The third-order valence-electron chi connectivity index (χ3n) is 0.741. The predicted molar refractivity (Wildman–Crippen MR) is 38.3 cm³/mol. The Balaban J connectivity index is 3.71. The van der Waals surface area contributed by atoms with E-state index in [-0.39, 0.29) is 0 Å². The lowest BCUT2D eigenvalue weighted by Crippen LogP contribution is -2.31. The smallest absolute Gasteiger partial charge is 0.348 e. The fourth-order valence-electron chi connectivity index (χ4n) is 0.243. The van der Waals surface area contributed by atoms with E-state index in [9.17, 15) is 9.59 Å². The van der Waals surface area contributed by atoms with Gasteiger partial charge in [0.1, 0.15) is 6.21 Å². The molecule has 0 atom stereocenters. The summed E-state index contributed by atoms with van der Waals surface area (Å²) in [5, 5.41) is 11.2. The number of carbonyl (C=O) groups excluding carboxylic acids is 1. The van der Waals surface area contributed by atoms with Crippen LogP contribution in [0.25, 0.3) is 0 Å². The molecule has 0 aromatic rings. The van der Waals surface area contributed by atoms with Gasteiger partial charge in [-0.2, -0.15) is 5.10 Å². The molecule has 0 saturated carbocycles. The second-order valence-electron chi connectivity index (χ2n) is 1.91. The molecule has 0 fully saturated rings. The van der Waals surface area contributed by atoms with E-state index in [1.165, 1.54) is 19.0 Å². The SMILES string of the molecule is CN(C)C(=O)NN=CC(=O)O. The Morgan fingerprint density at radius 3 is 2.45 bits per heavy atom. The van der Waals surface area contributed by atoms with Gasteiger partial charge in [-0.3, -0.25) is 0 Å². The molecule has 0 unspecified atom stereocenters. The Kier molecular flexibility index (Phi) is 3.65. The summed E-state index contributed by atoms with van der Waals surface area (Å²) in [6.45, 7) is 0. The largest absolute Gasteiger partial charge is 0.477 e. The number of carboxylic acid groups (broad SMARTS) is 1. The van der Waals surface area contributed by atoms with E-state index < -0.39 is 12.0 Å². The van der Waals surface area contributed by atoms with Crippen molar-refractivity contribution in [1.82, 2.24) is 10.3 Å². The molecule has 0 bridgehead atoms. The minimum absolute atomic E-state index is 0.470. The van der Waals surface area contributed by atoms with E-state index in [1.54, 1.807) is 0 Å². The van der Waals surface area contributed by atoms with Gasteiger partial charge in [-0.25, -0.2) is 15.0 Å². The van der Waals surface area contributed by atoms with Crippen molar-refractivity contribution in [1.29, 1.82) is 0 Å². The minimum atomic E-state index is -1.20. The summed E-state index contributed by atoms with van der Waals surface area (Å²) in [6.07, 6.45) is 0.599. The number of aliphatic carboxylic acids is 1. The van der Waals surface area contributed by atoms with Gasteiger partial charge >= 0.3 is 12.0 Å². The minimum Gasteiger partial charge on any atom is -0.477 e. The second-order valence-corrected chi connectivity index (χ2v) is 1.91. The quantitative estimate of drug-likeness (QED) is 0.414. The van der Waals surface area contributed by atoms with Gasteiger partial charge in [0.2, 0.25) is 0 Å². The molecule has 0 aromatic heterocycles. The van der Waals surface area contributed by atoms with Crippen molar-refractivity contribution >= 4 is 18.2 Å². The molecule has 0 saturated heterocycles. The Morgan fingerprint density at radius 1 is 1.55 bits per heavy atom. The molecule has 6 heteroatoms.